The van der Waals surface area contributed by atoms with Gasteiger partial charge in [0.05, 0.1) is 38.2 Å². The molecule has 28 heavy (non-hydrogen) atoms. The molecule has 7 heteroatoms. The van der Waals surface area contributed by atoms with Crippen LogP contribution in [0.25, 0.3) is 0 Å². The first-order valence-corrected chi connectivity index (χ1v) is 11.0. The van der Waals surface area contributed by atoms with Crippen LogP contribution in [0.1, 0.15) is 11.1 Å². The number of methoxy groups -OCH3 is 1. The summed E-state index contributed by atoms with van der Waals surface area (Å²) >= 11 is 0. The number of nitrogens with zero attached hydrogens (tertiary/aromatic N) is 1. The second kappa shape index (κ2) is 8.94. The van der Waals surface area contributed by atoms with Crippen LogP contribution < -0.4 is 14.4 Å². The molecule has 3 rings (SSSR count). The average Bonchev–Trinajstić information content (AvgIpc) is 2.68. The largest absolute Gasteiger partial charge is 0.497 e. The van der Waals surface area contributed by atoms with Crippen LogP contribution in [0.2, 0.25) is 0 Å². The zero-order valence-electron chi connectivity index (χ0n) is 16.8. The van der Waals surface area contributed by atoms with Crippen LogP contribution in [0.4, 0.5) is 0 Å². The third-order valence-corrected chi connectivity index (χ3v) is 6.96. The van der Waals surface area contributed by atoms with Gasteiger partial charge in [0.15, 0.2) is 0 Å². The lowest BCUT2D eigenvalue weighted by Crippen LogP contribution is -3.15. The number of aryl methyl sites for hydroxylation is 2. The van der Waals surface area contributed by atoms with E-state index in [1.54, 1.807) is 35.7 Å². The smallest absolute Gasteiger partial charge is 0.243 e. The summed E-state index contributed by atoms with van der Waals surface area (Å²) in [5, 5.41) is 0. The molecule has 152 valence electrons. The van der Waals surface area contributed by atoms with E-state index in [9.17, 15) is 8.42 Å². The summed E-state index contributed by atoms with van der Waals surface area (Å²) in [7, 11) is -1.89. The van der Waals surface area contributed by atoms with Gasteiger partial charge >= 0.3 is 0 Å². The molecule has 0 amide bonds. The Bertz CT molecular complexity index is 869. The molecule has 1 aliphatic rings. The van der Waals surface area contributed by atoms with E-state index in [-0.39, 0.29) is 0 Å². The molecule has 1 saturated heterocycles. The lowest BCUT2D eigenvalue weighted by molar-refractivity contribution is -0.903. The van der Waals surface area contributed by atoms with Crippen molar-refractivity contribution in [1.82, 2.24) is 4.31 Å². The van der Waals surface area contributed by atoms with Crippen LogP contribution in [-0.4, -0.2) is 59.2 Å². The van der Waals surface area contributed by atoms with E-state index < -0.39 is 10.0 Å². The van der Waals surface area contributed by atoms with Crippen LogP contribution in [0.5, 0.6) is 11.5 Å². The fraction of sp³-hybridized carbons (Fsp3) is 0.429. The molecule has 1 aliphatic heterocycles. The van der Waals surface area contributed by atoms with Gasteiger partial charge in [0, 0.05) is 0 Å². The predicted octanol–water partition coefficient (Wildman–Crippen LogP) is 1.28. The van der Waals surface area contributed by atoms with Crippen molar-refractivity contribution in [3.63, 3.8) is 0 Å². The van der Waals surface area contributed by atoms with E-state index in [1.165, 1.54) is 16.0 Å². The van der Waals surface area contributed by atoms with E-state index in [0.29, 0.717) is 30.3 Å². The van der Waals surface area contributed by atoms with Gasteiger partial charge in [-0.3, -0.25) is 0 Å². The molecule has 0 saturated carbocycles. The molecule has 0 aliphatic carbocycles. The molecule has 1 fully saturated rings. The van der Waals surface area contributed by atoms with Crippen molar-refractivity contribution in [2.45, 2.75) is 18.7 Å². The summed E-state index contributed by atoms with van der Waals surface area (Å²) in [6.45, 7) is 8.23. The van der Waals surface area contributed by atoms with Crippen molar-refractivity contribution in [2.75, 3.05) is 46.4 Å². The summed E-state index contributed by atoms with van der Waals surface area (Å²) < 4.78 is 38.2. The molecule has 0 spiro atoms. The highest BCUT2D eigenvalue weighted by Gasteiger charge is 2.30. The molecular weight excluding hydrogens is 376 g/mol. The molecule has 1 heterocycles. The minimum atomic E-state index is -3.45. The summed E-state index contributed by atoms with van der Waals surface area (Å²) in [5.74, 6) is 1.55. The van der Waals surface area contributed by atoms with Gasteiger partial charge in [-0.2, -0.15) is 4.31 Å². The highest BCUT2D eigenvalue weighted by atomic mass is 32.2. The quantitative estimate of drug-likeness (QED) is 0.754. The highest BCUT2D eigenvalue weighted by molar-refractivity contribution is 7.89. The van der Waals surface area contributed by atoms with Crippen molar-refractivity contribution in [3.8, 4) is 11.5 Å². The van der Waals surface area contributed by atoms with Crippen LogP contribution in [0.3, 0.4) is 0 Å². The monoisotopic (exact) mass is 405 g/mol. The summed E-state index contributed by atoms with van der Waals surface area (Å²) in [5.41, 5.74) is 2.39. The summed E-state index contributed by atoms with van der Waals surface area (Å²) in [6, 6.07) is 12.8. The zero-order valence-corrected chi connectivity index (χ0v) is 17.6. The van der Waals surface area contributed by atoms with Crippen LogP contribution in [-0.2, 0) is 10.0 Å². The normalized spacial score (nSPS) is 16.1. The molecular formula is C21H29N2O4S+. The van der Waals surface area contributed by atoms with Crippen LogP contribution >= 0.6 is 0 Å². The molecule has 2 aromatic rings. The standard InChI is InChI=1S/C21H28N2O4S/c1-17-14-18(2)16-20(15-17)27-13-12-22-8-10-23(11-9-22)28(24,25)21-6-4-19(26-3)5-7-21/h4-7,14-16H,8-13H2,1-3H3/p+1. The highest BCUT2D eigenvalue weighted by Crippen LogP contribution is 2.19. The van der Waals surface area contributed by atoms with Gasteiger partial charge < -0.3 is 14.4 Å². The van der Waals surface area contributed by atoms with Crippen LogP contribution in [0, 0.1) is 13.8 Å². The van der Waals surface area contributed by atoms with Gasteiger partial charge in [-0.15, -0.1) is 0 Å². The topological polar surface area (TPSA) is 60.3 Å². The van der Waals surface area contributed by atoms with E-state index in [2.05, 4.69) is 19.9 Å². The Morgan fingerprint density at radius 3 is 2.14 bits per heavy atom. The van der Waals surface area contributed by atoms with Gasteiger partial charge in [0.25, 0.3) is 0 Å². The Morgan fingerprint density at radius 2 is 1.57 bits per heavy atom. The first kappa shape index (κ1) is 20.6. The molecule has 1 N–H and O–H groups in total. The second-order valence-corrected chi connectivity index (χ2v) is 9.19. The third-order valence-electron chi connectivity index (χ3n) is 5.05. The number of quaternary nitrogens is 1. The van der Waals surface area contributed by atoms with Gasteiger partial charge in [0.1, 0.15) is 24.7 Å². The van der Waals surface area contributed by atoms with Crippen molar-refractivity contribution in [2.24, 2.45) is 0 Å². The lowest BCUT2D eigenvalue weighted by atomic mass is 10.1. The summed E-state index contributed by atoms with van der Waals surface area (Å²) in [6.07, 6.45) is 0. The molecule has 2 aromatic carbocycles. The number of piperazine rings is 1. The number of ether oxygens (including phenoxy) is 2. The Labute approximate surface area is 167 Å². The maximum Gasteiger partial charge on any atom is 0.243 e. The average molecular weight is 406 g/mol. The van der Waals surface area contributed by atoms with E-state index in [1.807, 2.05) is 12.1 Å². The number of hydrogen-bond acceptors (Lipinski definition) is 4. The predicted molar refractivity (Wildman–Crippen MR) is 109 cm³/mol. The first-order valence-electron chi connectivity index (χ1n) is 9.57. The minimum absolute atomic E-state index is 0.315. The minimum Gasteiger partial charge on any atom is -0.497 e. The van der Waals surface area contributed by atoms with Gasteiger partial charge in [-0.1, -0.05) is 6.07 Å². The molecule has 0 atom stereocenters. The molecule has 0 bridgehead atoms. The Morgan fingerprint density at radius 1 is 0.964 bits per heavy atom. The van der Waals surface area contributed by atoms with Gasteiger partial charge in [0.2, 0.25) is 10.0 Å². The van der Waals surface area contributed by atoms with Gasteiger partial charge in [-0.05, 0) is 61.4 Å². The third kappa shape index (κ3) is 5.04. The number of rotatable bonds is 7. The zero-order chi connectivity index (χ0) is 20.1. The first-order chi connectivity index (χ1) is 13.4. The SMILES string of the molecule is COc1ccc(S(=O)(=O)N2CC[NH+](CCOc3cc(C)cc(C)c3)CC2)cc1. The number of sulfonamides is 1. The van der Waals surface area contributed by atoms with Crippen molar-refractivity contribution < 1.29 is 22.8 Å². The van der Waals surface area contributed by atoms with Crippen LogP contribution in [0.15, 0.2) is 47.4 Å². The Hall–Kier alpha value is -2.09. The number of hydrogen-bond donors (Lipinski definition) is 1. The summed E-state index contributed by atoms with van der Waals surface area (Å²) in [4.78, 5) is 1.68. The van der Waals surface area contributed by atoms with E-state index >= 15 is 0 Å². The molecule has 0 aromatic heterocycles. The second-order valence-electron chi connectivity index (χ2n) is 7.25. The lowest BCUT2D eigenvalue weighted by Gasteiger charge is -2.31. The van der Waals surface area contributed by atoms with E-state index in [4.69, 9.17) is 9.47 Å². The molecule has 0 radical (unpaired) electrons. The number of nitrogens with one attached hydrogen (secondary N) is 1. The fourth-order valence-corrected chi connectivity index (χ4v) is 4.96. The van der Waals surface area contributed by atoms with Crippen molar-refractivity contribution >= 4 is 10.0 Å². The number of benzene rings is 2. The Kier molecular flexibility index (Phi) is 6.59. The molecule has 6 nitrogen and oxygen atoms in total. The van der Waals surface area contributed by atoms with Crippen molar-refractivity contribution in [1.29, 1.82) is 0 Å². The van der Waals surface area contributed by atoms with Crippen molar-refractivity contribution in [3.05, 3.63) is 53.6 Å². The maximum atomic E-state index is 12.8. The Balaban J connectivity index is 1.49. The molecule has 0 unspecified atom stereocenters. The fourth-order valence-electron chi connectivity index (χ4n) is 3.52. The van der Waals surface area contributed by atoms with Gasteiger partial charge in [-0.25, -0.2) is 8.42 Å². The maximum absolute atomic E-state index is 12.8. The van der Waals surface area contributed by atoms with E-state index in [0.717, 1.165) is 25.4 Å².